The Morgan fingerprint density at radius 3 is 2.67 bits per heavy atom. The molecule has 66 valence electrons. The molecule has 0 atom stereocenters. The van der Waals surface area contributed by atoms with Crippen LogP contribution in [0.2, 0.25) is 0 Å². The zero-order valence-corrected chi connectivity index (χ0v) is 6.82. The Morgan fingerprint density at radius 2 is 2.25 bits per heavy atom. The van der Waals surface area contributed by atoms with E-state index in [0.29, 0.717) is 11.5 Å². The maximum absolute atomic E-state index is 6.72. The van der Waals surface area contributed by atoms with E-state index in [9.17, 15) is 0 Å². The van der Waals surface area contributed by atoms with E-state index in [1.807, 2.05) is 0 Å². The molecule has 0 saturated heterocycles. The number of nitrogens with zero attached hydrogens (tertiary/aromatic N) is 1. The lowest BCUT2D eigenvalue weighted by Crippen LogP contribution is -1.99. The highest BCUT2D eigenvalue weighted by Gasteiger charge is 1.90. The van der Waals surface area contributed by atoms with Crippen molar-refractivity contribution < 1.29 is 4.84 Å². The summed E-state index contributed by atoms with van der Waals surface area (Å²) in [5.41, 5.74) is 5.65. The van der Waals surface area contributed by atoms with Crippen molar-refractivity contribution in [2.75, 3.05) is 0 Å². The van der Waals surface area contributed by atoms with Crippen LogP contribution < -0.4 is 11.6 Å². The molecular formula is C7H12N4O. The molecule has 5 N–H and O–H groups in total. The minimum Gasteiger partial charge on any atom is -0.416 e. The van der Waals surface area contributed by atoms with Crippen LogP contribution in [0.3, 0.4) is 0 Å². The summed E-state index contributed by atoms with van der Waals surface area (Å²) in [6, 6.07) is 0. The Balaban J connectivity index is 4.53. The summed E-state index contributed by atoms with van der Waals surface area (Å²) in [4.78, 5) is 8.09. The molecule has 0 bridgehead atoms. The third-order valence-electron chi connectivity index (χ3n) is 1.02. The number of hydrogen-bond donors (Lipinski definition) is 3. The van der Waals surface area contributed by atoms with Gasteiger partial charge in [-0.05, 0) is 19.2 Å². The fraction of sp³-hybridized carbons (Fsp3) is 0.143. The molecule has 5 nitrogen and oxygen atoms in total. The average Bonchev–Trinajstić information content (AvgIpc) is 2.05. The van der Waals surface area contributed by atoms with Crippen LogP contribution in [-0.4, -0.2) is 12.1 Å². The van der Waals surface area contributed by atoms with Gasteiger partial charge in [0.15, 0.2) is 0 Å². The molecule has 0 saturated carbocycles. The summed E-state index contributed by atoms with van der Waals surface area (Å²) in [5.74, 6) is 5.37. The Hall–Kier alpha value is -1.62. The van der Waals surface area contributed by atoms with E-state index in [4.69, 9.17) is 17.0 Å². The summed E-state index contributed by atoms with van der Waals surface area (Å²) < 4.78 is 0. The highest BCUT2D eigenvalue weighted by atomic mass is 16.6. The van der Waals surface area contributed by atoms with Gasteiger partial charge < -0.3 is 10.6 Å². The predicted molar refractivity (Wildman–Crippen MR) is 48.6 cm³/mol. The molecule has 12 heavy (non-hydrogen) atoms. The van der Waals surface area contributed by atoms with Gasteiger partial charge in [0, 0.05) is 6.08 Å². The zero-order valence-electron chi connectivity index (χ0n) is 6.82. The van der Waals surface area contributed by atoms with Crippen molar-refractivity contribution >= 4 is 12.1 Å². The second kappa shape index (κ2) is 6.11. The second-order valence-electron chi connectivity index (χ2n) is 1.92. The molecule has 0 radical (unpaired) electrons. The molecule has 0 fully saturated rings. The maximum Gasteiger partial charge on any atom is 0.123 e. The van der Waals surface area contributed by atoms with Gasteiger partial charge in [0.1, 0.15) is 12.1 Å². The molecular weight excluding hydrogens is 156 g/mol. The van der Waals surface area contributed by atoms with Crippen LogP contribution >= 0.6 is 0 Å². The van der Waals surface area contributed by atoms with Crippen LogP contribution in [0.15, 0.2) is 29.1 Å². The minimum absolute atomic E-state index is 0.494. The fourth-order valence-electron chi connectivity index (χ4n) is 0.544. The van der Waals surface area contributed by atoms with Crippen LogP contribution in [0, 0.1) is 5.41 Å². The molecule has 0 spiro atoms. The summed E-state index contributed by atoms with van der Waals surface area (Å²) in [5, 5.41) is 6.72. The summed E-state index contributed by atoms with van der Waals surface area (Å²) in [7, 11) is 0. The van der Waals surface area contributed by atoms with Crippen LogP contribution in [0.4, 0.5) is 0 Å². The molecule has 0 heterocycles. The highest BCUT2D eigenvalue weighted by Crippen LogP contribution is 1.93. The number of nitrogens with one attached hydrogen (secondary N) is 1. The van der Waals surface area contributed by atoms with Gasteiger partial charge in [-0.1, -0.05) is 0 Å². The molecule has 0 aromatic carbocycles. The zero-order chi connectivity index (χ0) is 9.40. The van der Waals surface area contributed by atoms with Crippen molar-refractivity contribution in [1.82, 2.24) is 0 Å². The van der Waals surface area contributed by atoms with E-state index < -0.39 is 0 Å². The fourth-order valence-corrected chi connectivity index (χ4v) is 0.544. The van der Waals surface area contributed by atoms with Gasteiger partial charge >= 0.3 is 0 Å². The predicted octanol–water partition coefficient (Wildman–Crippen LogP) is 0.301. The third-order valence-corrected chi connectivity index (χ3v) is 1.02. The molecule has 0 aromatic heterocycles. The highest BCUT2D eigenvalue weighted by molar-refractivity contribution is 6.07. The maximum atomic E-state index is 6.72. The molecule has 0 aliphatic rings. The smallest absolute Gasteiger partial charge is 0.123 e. The first-order valence-electron chi connectivity index (χ1n) is 3.24. The topological polar surface area (TPSA) is 97.5 Å². The van der Waals surface area contributed by atoms with Crippen LogP contribution in [0.25, 0.3) is 0 Å². The summed E-state index contributed by atoms with van der Waals surface area (Å²) in [6.45, 7) is 1.67. The van der Waals surface area contributed by atoms with E-state index in [2.05, 4.69) is 9.83 Å². The monoisotopic (exact) mass is 168 g/mol. The van der Waals surface area contributed by atoms with Crippen LogP contribution in [-0.2, 0) is 4.84 Å². The van der Waals surface area contributed by atoms with Crippen molar-refractivity contribution in [3.05, 3.63) is 24.1 Å². The van der Waals surface area contributed by atoms with Crippen molar-refractivity contribution in [1.29, 1.82) is 5.41 Å². The van der Waals surface area contributed by atoms with Gasteiger partial charge in [0.2, 0.25) is 0 Å². The van der Waals surface area contributed by atoms with E-state index in [1.54, 1.807) is 13.0 Å². The number of aliphatic imine (C=N–C) groups is 1. The van der Waals surface area contributed by atoms with Gasteiger partial charge in [-0.3, -0.25) is 5.41 Å². The van der Waals surface area contributed by atoms with Gasteiger partial charge in [-0.15, -0.1) is 0 Å². The number of nitrogens with two attached hydrogens (primary N) is 2. The molecule has 5 heteroatoms. The molecule has 0 aliphatic heterocycles. The first-order valence-corrected chi connectivity index (χ1v) is 3.24. The van der Waals surface area contributed by atoms with E-state index in [1.165, 1.54) is 12.3 Å². The van der Waals surface area contributed by atoms with Crippen molar-refractivity contribution in [3.8, 4) is 0 Å². The number of hydrogen-bond acceptors (Lipinski definition) is 4. The molecule has 0 amide bonds. The van der Waals surface area contributed by atoms with Crippen molar-refractivity contribution in [3.63, 3.8) is 0 Å². The molecule has 0 aromatic rings. The average molecular weight is 168 g/mol. The lowest BCUT2D eigenvalue weighted by molar-refractivity contribution is 0.223. The second-order valence-corrected chi connectivity index (χ2v) is 1.92. The van der Waals surface area contributed by atoms with Crippen molar-refractivity contribution in [2.24, 2.45) is 16.6 Å². The van der Waals surface area contributed by atoms with E-state index >= 15 is 0 Å². The lowest BCUT2D eigenvalue weighted by Gasteiger charge is -1.96. The van der Waals surface area contributed by atoms with Gasteiger partial charge in [-0.2, -0.15) is 5.90 Å². The van der Waals surface area contributed by atoms with Gasteiger partial charge in [0.25, 0.3) is 0 Å². The third kappa shape index (κ3) is 4.24. The Morgan fingerprint density at radius 1 is 1.58 bits per heavy atom. The summed E-state index contributed by atoms with van der Waals surface area (Å²) in [6.07, 6.45) is 5.33. The number of allylic oxidation sites excluding steroid dienone is 3. The van der Waals surface area contributed by atoms with Gasteiger partial charge in [-0.25, -0.2) is 4.99 Å². The molecule has 0 rings (SSSR count). The molecule has 0 aliphatic carbocycles. The van der Waals surface area contributed by atoms with E-state index in [-0.39, 0.29) is 0 Å². The lowest BCUT2D eigenvalue weighted by atomic mass is 10.3. The molecule has 0 unspecified atom stereocenters. The minimum atomic E-state index is 0.494. The first kappa shape index (κ1) is 10.4. The van der Waals surface area contributed by atoms with Gasteiger partial charge in [0.05, 0.1) is 5.71 Å². The summed E-state index contributed by atoms with van der Waals surface area (Å²) >= 11 is 0. The first-order chi connectivity index (χ1) is 5.74. The number of rotatable bonds is 4. The van der Waals surface area contributed by atoms with Crippen molar-refractivity contribution in [2.45, 2.75) is 6.92 Å². The Kier molecular flexibility index (Phi) is 5.29. The Bertz CT molecular complexity index is 230. The van der Waals surface area contributed by atoms with Crippen LogP contribution in [0.1, 0.15) is 6.92 Å². The largest absolute Gasteiger partial charge is 0.416 e. The quantitative estimate of drug-likeness (QED) is 0.244. The normalized spacial score (nSPS) is 13.5. The SMILES string of the molecule is C/C(=C\C(/C=C/N)=NC=N)ON. The Labute approximate surface area is 70.9 Å². The van der Waals surface area contributed by atoms with E-state index in [0.717, 1.165) is 6.34 Å². The van der Waals surface area contributed by atoms with Crippen LogP contribution in [0.5, 0.6) is 0 Å². The standard InChI is InChI=1S/C7H12N4O/c1-6(12-10)4-7(2-3-8)11-5-9/h2-5,9H,8,10H2,1H3/b3-2+,6-4+,9-5?,11-7?.